The molecular weight excluding hydrogens is 483 g/mol. The van der Waals surface area contributed by atoms with E-state index in [-0.39, 0.29) is 29.9 Å². The molecule has 0 saturated heterocycles. The van der Waals surface area contributed by atoms with Crippen molar-refractivity contribution in [2.45, 2.75) is 19.5 Å². The largest absolute Gasteiger partial charge is 0.469 e. The number of benzene rings is 1. The molecule has 1 amide bonds. The second kappa shape index (κ2) is 11.9. The topological polar surface area (TPSA) is 91.8 Å². The van der Waals surface area contributed by atoms with Crippen molar-refractivity contribution in [1.82, 2.24) is 16.0 Å². The summed E-state index contributed by atoms with van der Waals surface area (Å²) in [6, 6.07) is 14.9. The summed E-state index contributed by atoms with van der Waals surface area (Å²) >= 11 is 0. The first-order valence-electron chi connectivity index (χ1n) is 9.11. The van der Waals surface area contributed by atoms with Gasteiger partial charge in [0.2, 0.25) is 0 Å². The lowest BCUT2D eigenvalue weighted by Gasteiger charge is -2.12. The SMILES string of the molecule is CN=C(NCCc1ccco1)NCc1cccc(C(=O)NCc2ccco2)c1.I. The zero-order valence-electron chi connectivity index (χ0n) is 16.2. The smallest absolute Gasteiger partial charge is 0.251 e. The molecule has 0 fully saturated rings. The van der Waals surface area contributed by atoms with Crippen molar-refractivity contribution in [1.29, 1.82) is 0 Å². The predicted octanol–water partition coefficient (Wildman–Crippen LogP) is 3.33. The monoisotopic (exact) mass is 508 g/mol. The quantitative estimate of drug-likeness (QED) is 0.247. The summed E-state index contributed by atoms with van der Waals surface area (Å²) in [6.07, 6.45) is 4.03. The van der Waals surface area contributed by atoms with E-state index < -0.39 is 0 Å². The van der Waals surface area contributed by atoms with Crippen LogP contribution in [0.2, 0.25) is 0 Å². The van der Waals surface area contributed by atoms with E-state index in [1.54, 1.807) is 31.7 Å². The first kappa shape index (κ1) is 22.5. The Morgan fingerprint density at radius 2 is 1.69 bits per heavy atom. The van der Waals surface area contributed by atoms with Gasteiger partial charge in [0.1, 0.15) is 11.5 Å². The van der Waals surface area contributed by atoms with Gasteiger partial charge in [0, 0.05) is 32.1 Å². The number of rotatable bonds is 8. The van der Waals surface area contributed by atoms with Gasteiger partial charge >= 0.3 is 0 Å². The third kappa shape index (κ3) is 7.30. The molecule has 3 aromatic rings. The van der Waals surface area contributed by atoms with Gasteiger partial charge in [-0.25, -0.2) is 0 Å². The summed E-state index contributed by atoms with van der Waals surface area (Å²) < 4.78 is 10.5. The highest BCUT2D eigenvalue weighted by molar-refractivity contribution is 14.0. The Balaban J connectivity index is 0.00000300. The maximum absolute atomic E-state index is 12.3. The molecule has 0 bridgehead atoms. The fourth-order valence-corrected chi connectivity index (χ4v) is 2.67. The van der Waals surface area contributed by atoms with Gasteiger partial charge in [0.25, 0.3) is 5.91 Å². The van der Waals surface area contributed by atoms with Crippen LogP contribution in [-0.2, 0) is 19.5 Å². The van der Waals surface area contributed by atoms with E-state index in [4.69, 9.17) is 8.83 Å². The van der Waals surface area contributed by atoms with Crippen molar-refractivity contribution in [3.05, 3.63) is 83.7 Å². The van der Waals surface area contributed by atoms with Crippen LogP contribution in [0.1, 0.15) is 27.4 Å². The number of carbonyl (C=O) groups is 1. The summed E-state index contributed by atoms with van der Waals surface area (Å²) in [4.78, 5) is 16.5. The van der Waals surface area contributed by atoms with Crippen molar-refractivity contribution in [3.8, 4) is 0 Å². The Hall–Kier alpha value is -2.75. The number of hydrogen-bond acceptors (Lipinski definition) is 4. The summed E-state index contributed by atoms with van der Waals surface area (Å²) in [5.74, 6) is 2.20. The van der Waals surface area contributed by atoms with Crippen molar-refractivity contribution >= 4 is 35.8 Å². The molecule has 0 atom stereocenters. The van der Waals surface area contributed by atoms with Crippen molar-refractivity contribution in [2.24, 2.45) is 4.99 Å². The van der Waals surface area contributed by atoms with Crippen molar-refractivity contribution in [3.63, 3.8) is 0 Å². The molecule has 0 aliphatic rings. The first-order chi connectivity index (χ1) is 13.7. The second-order valence-electron chi connectivity index (χ2n) is 6.14. The maximum Gasteiger partial charge on any atom is 0.251 e. The van der Waals surface area contributed by atoms with Gasteiger partial charge < -0.3 is 24.8 Å². The molecule has 8 heteroatoms. The molecule has 2 aromatic heterocycles. The number of furan rings is 2. The van der Waals surface area contributed by atoms with Gasteiger partial charge in [0.05, 0.1) is 19.1 Å². The summed E-state index contributed by atoms with van der Waals surface area (Å²) in [5.41, 5.74) is 1.59. The van der Waals surface area contributed by atoms with Gasteiger partial charge in [-0.1, -0.05) is 12.1 Å². The Bertz CT molecular complexity index is 893. The lowest BCUT2D eigenvalue weighted by Crippen LogP contribution is -2.37. The fraction of sp³-hybridized carbons (Fsp3) is 0.238. The van der Waals surface area contributed by atoms with Gasteiger partial charge in [0.15, 0.2) is 5.96 Å². The van der Waals surface area contributed by atoms with E-state index in [1.165, 1.54) is 0 Å². The number of nitrogens with zero attached hydrogens (tertiary/aromatic N) is 1. The third-order valence-electron chi connectivity index (χ3n) is 4.12. The number of guanidine groups is 1. The molecule has 7 nitrogen and oxygen atoms in total. The number of nitrogens with one attached hydrogen (secondary N) is 3. The Morgan fingerprint density at radius 1 is 0.931 bits per heavy atom. The molecule has 0 spiro atoms. The molecule has 0 unspecified atom stereocenters. The van der Waals surface area contributed by atoms with Crippen molar-refractivity contribution in [2.75, 3.05) is 13.6 Å². The van der Waals surface area contributed by atoms with E-state index in [0.717, 1.165) is 23.5 Å². The molecule has 154 valence electrons. The van der Waals surface area contributed by atoms with E-state index in [1.807, 2.05) is 36.4 Å². The van der Waals surface area contributed by atoms with E-state index >= 15 is 0 Å². The minimum absolute atomic E-state index is 0. The number of carbonyl (C=O) groups excluding carboxylic acids is 1. The normalized spacial score (nSPS) is 10.9. The predicted molar refractivity (Wildman–Crippen MR) is 122 cm³/mol. The maximum atomic E-state index is 12.3. The molecule has 3 N–H and O–H groups in total. The lowest BCUT2D eigenvalue weighted by molar-refractivity contribution is 0.0948. The number of amides is 1. The molecular formula is C21H25IN4O3. The second-order valence-corrected chi connectivity index (χ2v) is 6.14. The number of hydrogen-bond donors (Lipinski definition) is 3. The molecule has 0 saturated carbocycles. The molecule has 2 heterocycles. The van der Waals surface area contributed by atoms with Crippen LogP contribution in [-0.4, -0.2) is 25.5 Å². The minimum Gasteiger partial charge on any atom is -0.469 e. The van der Waals surface area contributed by atoms with Gasteiger partial charge in [-0.2, -0.15) is 0 Å². The molecule has 0 aliphatic heterocycles. The van der Waals surface area contributed by atoms with Crippen LogP contribution in [0.4, 0.5) is 0 Å². The zero-order chi connectivity index (χ0) is 19.6. The van der Waals surface area contributed by atoms with Gasteiger partial charge in [-0.05, 0) is 42.0 Å². The highest BCUT2D eigenvalue weighted by atomic mass is 127. The summed E-state index contributed by atoms with van der Waals surface area (Å²) in [6.45, 7) is 1.63. The first-order valence-corrected chi connectivity index (χ1v) is 9.11. The van der Waals surface area contributed by atoms with Crippen LogP contribution in [0.3, 0.4) is 0 Å². The number of aliphatic imine (C=N–C) groups is 1. The van der Waals surface area contributed by atoms with E-state index in [2.05, 4.69) is 20.9 Å². The fourth-order valence-electron chi connectivity index (χ4n) is 2.67. The van der Waals surface area contributed by atoms with Crippen LogP contribution >= 0.6 is 24.0 Å². The molecule has 0 radical (unpaired) electrons. The highest BCUT2D eigenvalue weighted by Crippen LogP contribution is 2.06. The standard InChI is InChI=1S/C21H24N4O3.HI/c1-22-21(23-10-9-18-7-3-11-27-18)25-14-16-5-2-6-17(13-16)20(26)24-15-19-8-4-12-28-19;/h2-8,11-13H,9-10,14-15H2,1H3,(H,24,26)(H2,22,23,25);1H. The van der Waals surface area contributed by atoms with E-state index in [0.29, 0.717) is 31.2 Å². The Morgan fingerprint density at radius 3 is 2.38 bits per heavy atom. The van der Waals surface area contributed by atoms with Crippen LogP contribution in [0.15, 0.2) is 74.9 Å². The van der Waals surface area contributed by atoms with Gasteiger partial charge in [-0.3, -0.25) is 9.79 Å². The van der Waals surface area contributed by atoms with Crippen LogP contribution in [0, 0.1) is 0 Å². The van der Waals surface area contributed by atoms with Crippen LogP contribution in [0.5, 0.6) is 0 Å². The lowest BCUT2D eigenvalue weighted by atomic mass is 10.1. The third-order valence-corrected chi connectivity index (χ3v) is 4.12. The van der Waals surface area contributed by atoms with Gasteiger partial charge in [-0.15, -0.1) is 24.0 Å². The molecule has 3 rings (SSSR count). The zero-order valence-corrected chi connectivity index (χ0v) is 18.5. The summed E-state index contributed by atoms with van der Waals surface area (Å²) in [5, 5.41) is 9.34. The minimum atomic E-state index is -0.140. The highest BCUT2D eigenvalue weighted by Gasteiger charge is 2.07. The number of halogens is 1. The van der Waals surface area contributed by atoms with Crippen molar-refractivity contribution < 1.29 is 13.6 Å². The Kier molecular flexibility index (Phi) is 9.29. The average molecular weight is 508 g/mol. The summed E-state index contributed by atoms with van der Waals surface area (Å²) in [7, 11) is 1.72. The molecule has 1 aromatic carbocycles. The molecule has 0 aliphatic carbocycles. The Labute approximate surface area is 187 Å². The average Bonchev–Trinajstić information content (AvgIpc) is 3.43. The van der Waals surface area contributed by atoms with E-state index in [9.17, 15) is 4.79 Å². The van der Waals surface area contributed by atoms with Crippen LogP contribution in [0.25, 0.3) is 0 Å². The molecule has 29 heavy (non-hydrogen) atoms. The van der Waals surface area contributed by atoms with Crippen LogP contribution < -0.4 is 16.0 Å².